The molecule has 0 atom stereocenters. The normalized spacial score (nSPS) is 10.2. The van der Waals surface area contributed by atoms with Gasteiger partial charge in [0.1, 0.15) is 0 Å². The van der Waals surface area contributed by atoms with Crippen molar-refractivity contribution in [3.63, 3.8) is 0 Å². The van der Waals surface area contributed by atoms with Gasteiger partial charge in [0, 0.05) is 0 Å². The SMILES string of the molecule is [N-]=[NH+]c1nc2ccccc2s1. The number of para-hydroxylation sites is 1. The summed E-state index contributed by atoms with van der Waals surface area (Å²) in [6.07, 6.45) is 0. The van der Waals surface area contributed by atoms with Crippen LogP contribution in [0.3, 0.4) is 0 Å². The average Bonchev–Trinajstić information content (AvgIpc) is 2.46. The molecule has 4 heteroatoms. The van der Waals surface area contributed by atoms with Crippen molar-refractivity contribution in [3.8, 4) is 0 Å². The first kappa shape index (κ1) is 6.42. The van der Waals surface area contributed by atoms with E-state index in [0.717, 1.165) is 10.2 Å². The molecule has 0 aliphatic rings. The molecule has 2 aromatic rings. The van der Waals surface area contributed by atoms with Gasteiger partial charge >= 0.3 is 5.13 Å². The van der Waals surface area contributed by atoms with Gasteiger partial charge in [-0.25, -0.2) is 0 Å². The zero-order valence-corrected chi connectivity index (χ0v) is 6.43. The number of nitrogens with zero attached hydrogens (tertiary/aromatic N) is 2. The number of hydrogen-bond donors (Lipinski definition) is 1. The number of hydrogen-bond acceptors (Lipinski definition) is 2. The number of aromatic nitrogens is 1. The second-order valence-corrected chi connectivity index (χ2v) is 3.13. The van der Waals surface area contributed by atoms with E-state index in [1.54, 1.807) is 0 Å². The lowest BCUT2D eigenvalue weighted by molar-refractivity contribution is -0.379. The van der Waals surface area contributed by atoms with Crippen molar-refractivity contribution < 1.29 is 5.11 Å². The Balaban J connectivity index is 2.78. The molecule has 0 amide bonds. The third-order valence-electron chi connectivity index (χ3n) is 1.39. The molecule has 0 aliphatic heterocycles. The van der Waals surface area contributed by atoms with E-state index in [2.05, 4.69) is 4.98 Å². The second-order valence-electron chi connectivity index (χ2n) is 2.10. The summed E-state index contributed by atoms with van der Waals surface area (Å²) in [6, 6.07) is 7.74. The number of nitrogens with one attached hydrogen (secondary N) is 1. The van der Waals surface area contributed by atoms with E-state index in [1.165, 1.54) is 11.3 Å². The van der Waals surface area contributed by atoms with Gasteiger partial charge in [-0.2, -0.15) is 0 Å². The van der Waals surface area contributed by atoms with Crippen molar-refractivity contribution >= 4 is 26.7 Å². The van der Waals surface area contributed by atoms with Crippen molar-refractivity contribution in [1.82, 2.24) is 4.98 Å². The minimum atomic E-state index is 0.534. The predicted molar refractivity (Wildman–Crippen MR) is 43.6 cm³/mol. The molecule has 11 heavy (non-hydrogen) atoms. The summed E-state index contributed by atoms with van der Waals surface area (Å²) in [5.41, 5.74) is 9.45. The van der Waals surface area contributed by atoms with Gasteiger partial charge in [-0.15, -0.1) is 0 Å². The van der Waals surface area contributed by atoms with Gasteiger partial charge < -0.3 is 10.6 Å². The van der Waals surface area contributed by atoms with Crippen LogP contribution in [0.2, 0.25) is 0 Å². The van der Waals surface area contributed by atoms with Crippen LogP contribution in [0.5, 0.6) is 0 Å². The van der Waals surface area contributed by atoms with Crippen LogP contribution in [0.1, 0.15) is 0 Å². The highest BCUT2D eigenvalue weighted by Gasteiger charge is 2.06. The molecular weight excluding hydrogens is 158 g/mol. The smallest absolute Gasteiger partial charge is 0.366 e. The second kappa shape index (κ2) is 2.39. The van der Waals surface area contributed by atoms with E-state index in [0.29, 0.717) is 5.13 Å². The molecule has 0 unspecified atom stereocenters. The largest absolute Gasteiger partial charge is 0.613 e. The molecular formula is C7H5N3S. The van der Waals surface area contributed by atoms with Crippen molar-refractivity contribution in [2.24, 2.45) is 0 Å². The zero-order valence-electron chi connectivity index (χ0n) is 5.61. The summed E-state index contributed by atoms with van der Waals surface area (Å²) in [4.78, 5) is 4.09. The van der Waals surface area contributed by atoms with Crippen molar-refractivity contribution in [3.05, 3.63) is 29.8 Å². The third kappa shape index (κ3) is 1.01. The molecule has 0 bridgehead atoms. The van der Waals surface area contributed by atoms with Gasteiger partial charge in [-0.1, -0.05) is 12.1 Å². The standard InChI is InChI=1S/C7H5N3S/c8-10-7-9-5-3-1-2-4-6(5)11-7/h1-4,10H. The molecule has 1 N–H and O–H groups in total. The number of fused-ring (bicyclic) bond motifs is 1. The molecule has 0 aliphatic carbocycles. The van der Waals surface area contributed by atoms with E-state index in [1.807, 2.05) is 29.4 Å². The van der Waals surface area contributed by atoms with Crippen LogP contribution < -0.4 is 5.11 Å². The molecule has 0 saturated carbocycles. The summed E-state index contributed by atoms with van der Waals surface area (Å²) in [6.45, 7) is 0. The predicted octanol–water partition coefficient (Wildman–Crippen LogP) is 1.03. The van der Waals surface area contributed by atoms with Crippen LogP contribution in [0.25, 0.3) is 15.7 Å². The summed E-state index contributed by atoms with van der Waals surface area (Å²) >= 11 is 1.43. The van der Waals surface area contributed by atoms with Crippen LogP contribution in [0, 0.1) is 0 Å². The fourth-order valence-electron chi connectivity index (χ4n) is 0.920. The first-order valence-electron chi connectivity index (χ1n) is 3.16. The van der Waals surface area contributed by atoms with Crippen LogP contribution in [-0.4, -0.2) is 4.98 Å². The quantitative estimate of drug-likeness (QED) is 0.627. The molecule has 1 aromatic heterocycles. The highest BCUT2D eigenvalue weighted by atomic mass is 32.1. The Bertz CT molecular complexity index is 360. The van der Waals surface area contributed by atoms with E-state index < -0.39 is 0 Å². The Morgan fingerprint density at radius 3 is 2.91 bits per heavy atom. The van der Waals surface area contributed by atoms with Crippen LogP contribution in [0.15, 0.2) is 24.3 Å². The Labute approximate surface area is 67.2 Å². The number of rotatable bonds is 1. The molecule has 0 saturated heterocycles. The van der Waals surface area contributed by atoms with E-state index in [9.17, 15) is 0 Å². The van der Waals surface area contributed by atoms with Gasteiger partial charge in [-0.3, -0.25) is 0 Å². The number of benzene rings is 1. The lowest BCUT2D eigenvalue weighted by atomic mass is 10.3. The summed E-state index contributed by atoms with van der Waals surface area (Å²) < 4.78 is 1.07. The van der Waals surface area contributed by atoms with Gasteiger partial charge in [0.25, 0.3) is 0 Å². The maximum atomic E-state index is 8.54. The minimum absolute atomic E-state index is 0.534. The Hall–Kier alpha value is -1.29. The fraction of sp³-hybridized carbons (Fsp3) is 0. The van der Waals surface area contributed by atoms with Gasteiger partial charge in [0.05, 0.1) is 4.70 Å². The third-order valence-corrected chi connectivity index (χ3v) is 2.33. The zero-order chi connectivity index (χ0) is 7.68. The highest BCUT2D eigenvalue weighted by Crippen LogP contribution is 2.21. The molecule has 0 spiro atoms. The first-order valence-corrected chi connectivity index (χ1v) is 3.97. The lowest BCUT2D eigenvalue weighted by Gasteiger charge is -1.75. The maximum absolute atomic E-state index is 8.54. The lowest BCUT2D eigenvalue weighted by Crippen LogP contribution is -2.54. The minimum Gasteiger partial charge on any atom is -0.613 e. The molecule has 0 radical (unpaired) electrons. The van der Waals surface area contributed by atoms with Crippen molar-refractivity contribution in [2.75, 3.05) is 0 Å². The fourth-order valence-corrected chi connectivity index (χ4v) is 1.68. The van der Waals surface area contributed by atoms with Gasteiger partial charge in [0.15, 0.2) is 5.52 Å². The van der Waals surface area contributed by atoms with Crippen LogP contribution in [0.4, 0.5) is 5.13 Å². The first-order chi connectivity index (χ1) is 5.40. The van der Waals surface area contributed by atoms with Gasteiger partial charge in [0.2, 0.25) is 0 Å². The van der Waals surface area contributed by atoms with E-state index >= 15 is 0 Å². The molecule has 1 heterocycles. The van der Waals surface area contributed by atoms with E-state index in [-0.39, 0.29) is 0 Å². The average molecular weight is 163 g/mol. The monoisotopic (exact) mass is 163 g/mol. The topological polar surface area (TPSA) is 49.2 Å². The molecule has 3 nitrogen and oxygen atoms in total. The Morgan fingerprint density at radius 2 is 2.18 bits per heavy atom. The summed E-state index contributed by atoms with van der Waals surface area (Å²) in [7, 11) is 0. The maximum Gasteiger partial charge on any atom is 0.366 e. The van der Waals surface area contributed by atoms with Crippen LogP contribution in [-0.2, 0) is 0 Å². The van der Waals surface area contributed by atoms with E-state index in [4.69, 9.17) is 5.53 Å². The van der Waals surface area contributed by atoms with Crippen molar-refractivity contribution in [1.29, 1.82) is 0 Å². The molecule has 0 fully saturated rings. The number of thiazole rings is 1. The summed E-state index contributed by atoms with van der Waals surface area (Å²) in [5.74, 6) is 0. The summed E-state index contributed by atoms with van der Waals surface area (Å²) in [5, 5.41) is 2.56. The molecule has 2 rings (SSSR count). The van der Waals surface area contributed by atoms with Crippen molar-refractivity contribution in [2.45, 2.75) is 0 Å². The Kier molecular flexibility index (Phi) is 1.40. The van der Waals surface area contributed by atoms with Gasteiger partial charge in [-0.05, 0) is 28.5 Å². The highest BCUT2D eigenvalue weighted by molar-refractivity contribution is 7.21. The van der Waals surface area contributed by atoms with Crippen LogP contribution >= 0.6 is 11.3 Å². The Morgan fingerprint density at radius 1 is 1.36 bits per heavy atom. The molecule has 54 valence electrons. The molecule has 1 aromatic carbocycles.